The van der Waals surface area contributed by atoms with Gasteiger partial charge in [0.1, 0.15) is 0 Å². The van der Waals surface area contributed by atoms with Crippen molar-refractivity contribution in [1.82, 2.24) is 20.0 Å². The Bertz CT molecular complexity index is 581. The number of rotatable bonds is 5. The minimum absolute atomic E-state index is 0.106. The Kier molecular flexibility index (Phi) is 5.40. The highest BCUT2D eigenvalue weighted by Crippen LogP contribution is 2.38. The molecule has 0 saturated carbocycles. The molecule has 3 heterocycles. The van der Waals surface area contributed by atoms with Crippen LogP contribution in [0.5, 0.6) is 5.88 Å². The molecule has 0 aliphatic carbocycles. The largest absolute Gasteiger partial charge is 0.481 e. The molecule has 1 amide bonds. The first-order valence-electron chi connectivity index (χ1n) is 8.78. The molecule has 1 N–H and O–H groups in total. The van der Waals surface area contributed by atoms with Gasteiger partial charge in [-0.1, -0.05) is 0 Å². The fourth-order valence-electron chi connectivity index (χ4n) is 3.92. The average molecular weight is 336 g/mol. The summed E-state index contributed by atoms with van der Waals surface area (Å²) in [6.07, 6.45) is 3.94. The van der Waals surface area contributed by atoms with E-state index < -0.39 is 0 Å². The molecule has 2 fully saturated rings. The van der Waals surface area contributed by atoms with Crippen LogP contribution in [-0.2, 0) is 16.6 Å². The number of nitrogens with zero attached hydrogens (tertiary/aromatic N) is 3. The van der Waals surface area contributed by atoms with Gasteiger partial charge in [-0.25, -0.2) is 4.68 Å². The zero-order chi connectivity index (χ0) is 17.1. The molecule has 0 spiro atoms. The molecule has 1 atom stereocenters. The number of carbonyl (C=O) groups is 1. The van der Waals surface area contributed by atoms with Gasteiger partial charge in [0.15, 0.2) is 0 Å². The molecule has 24 heavy (non-hydrogen) atoms. The van der Waals surface area contributed by atoms with E-state index in [0.717, 1.165) is 62.6 Å². The molecule has 2 aliphatic heterocycles. The van der Waals surface area contributed by atoms with Crippen molar-refractivity contribution in [3.63, 3.8) is 0 Å². The van der Waals surface area contributed by atoms with Crippen molar-refractivity contribution in [3.8, 4) is 5.88 Å². The van der Waals surface area contributed by atoms with Crippen LogP contribution >= 0.6 is 0 Å². The smallest absolute Gasteiger partial charge is 0.234 e. The van der Waals surface area contributed by atoms with Crippen molar-refractivity contribution in [3.05, 3.63) is 11.3 Å². The molecule has 1 unspecified atom stereocenters. The second kappa shape index (κ2) is 7.53. The molecule has 0 radical (unpaired) electrons. The van der Waals surface area contributed by atoms with Crippen LogP contribution in [0.25, 0.3) is 0 Å². The molecule has 7 nitrogen and oxygen atoms in total. The number of amides is 1. The van der Waals surface area contributed by atoms with E-state index in [9.17, 15) is 4.79 Å². The van der Waals surface area contributed by atoms with Crippen LogP contribution in [0.2, 0.25) is 0 Å². The van der Waals surface area contributed by atoms with E-state index in [1.165, 1.54) is 0 Å². The SMILES string of the molecule is COc1c(C2CCCN2CC(=O)NC2CCOCC2)c(C)nn1C. The van der Waals surface area contributed by atoms with Gasteiger partial charge in [0.2, 0.25) is 11.8 Å². The summed E-state index contributed by atoms with van der Waals surface area (Å²) in [7, 11) is 3.57. The van der Waals surface area contributed by atoms with Gasteiger partial charge in [-0.15, -0.1) is 0 Å². The highest BCUT2D eigenvalue weighted by Gasteiger charge is 2.33. The summed E-state index contributed by atoms with van der Waals surface area (Å²) in [5.74, 6) is 0.906. The summed E-state index contributed by atoms with van der Waals surface area (Å²) >= 11 is 0. The Morgan fingerprint density at radius 1 is 1.38 bits per heavy atom. The molecule has 0 bridgehead atoms. The molecule has 3 rings (SSSR count). The Morgan fingerprint density at radius 3 is 2.83 bits per heavy atom. The lowest BCUT2D eigenvalue weighted by Crippen LogP contribution is -2.44. The predicted octanol–water partition coefficient (Wildman–Crippen LogP) is 1.17. The van der Waals surface area contributed by atoms with Crippen molar-refractivity contribution < 1.29 is 14.3 Å². The van der Waals surface area contributed by atoms with Crippen LogP contribution in [0.15, 0.2) is 0 Å². The maximum atomic E-state index is 12.4. The van der Waals surface area contributed by atoms with Gasteiger partial charge in [0.05, 0.1) is 24.9 Å². The van der Waals surface area contributed by atoms with Gasteiger partial charge in [-0.3, -0.25) is 9.69 Å². The van der Waals surface area contributed by atoms with Crippen molar-refractivity contribution >= 4 is 5.91 Å². The summed E-state index contributed by atoms with van der Waals surface area (Å²) < 4.78 is 12.7. The summed E-state index contributed by atoms with van der Waals surface area (Å²) in [4.78, 5) is 14.7. The molecule has 2 saturated heterocycles. The van der Waals surface area contributed by atoms with E-state index in [1.54, 1.807) is 11.8 Å². The quantitative estimate of drug-likeness (QED) is 0.874. The number of carbonyl (C=O) groups excluding carboxylic acids is 1. The third-order valence-electron chi connectivity index (χ3n) is 5.04. The monoisotopic (exact) mass is 336 g/mol. The maximum absolute atomic E-state index is 12.4. The number of aromatic nitrogens is 2. The van der Waals surface area contributed by atoms with E-state index in [0.29, 0.717) is 6.54 Å². The Hall–Kier alpha value is -1.60. The molecule has 1 aromatic heterocycles. The van der Waals surface area contributed by atoms with Gasteiger partial charge in [0, 0.05) is 32.3 Å². The van der Waals surface area contributed by atoms with E-state index in [-0.39, 0.29) is 18.0 Å². The van der Waals surface area contributed by atoms with Crippen molar-refractivity contribution in [2.45, 2.75) is 44.7 Å². The van der Waals surface area contributed by atoms with Gasteiger partial charge in [-0.2, -0.15) is 5.10 Å². The second-order valence-corrected chi connectivity index (χ2v) is 6.71. The van der Waals surface area contributed by atoms with Crippen LogP contribution in [0, 0.1) is 6.92 Å². The van der Waals surface area contributed by atoms with Gasteiger partial charge in [0.25, 0.3) is 0 Å². The van der Waals surface area contributed by atoms with Gasteiger partial charge >= 0.3 is 0 Å². The number of hydrogen-bond donors (Lipinski definition) is 1. The number of methoxy groups -OCH3 is 1. The fourth-order valence-corrected chi connectivity index (χ4v) is 3.92. The topological polar surface area (TPSA) is 68.6 Å². The molecule has 0 aromatic carbocycles. The molecule has 134 valence electrons. The zero-order valence-corrected chi connectivity index (χ0v) is 14.9. The van der Waals surface area contributed by atoms with E-state index in [2.05, 4.69) is 15.3 Å². The Labute approximate surface area is 143 Å². The van der Waals surface area contributed by atoms with Crippen LogP contribution in [0.4, 0.5) is 0 Å². The molecular formula is C17H28N4O3. The van der Waals surface area contributed by atoms with E-state index in [4.69, 9.17) is 9.47 Å². The van der Waals surface area contributed by atoms with Crippen molar-refractivity contribution in [2.75, 3.05) is 33.4 Å². The molecule has 2 aliphatic rings. The van der Waals surface area contributed by atoms with Gasteiger partial charge < -0.3 is 14.8 Å². The lowest BCUT2D eigenvalue weighted by Gasteiger charge is -2.27. The lowest BCUT2D eigenvalue weighted by atomic mass is 10.0. The Morgan fingerprint density at radius 2 is 2.12 bits per heavy atom. The molecule has 1 aromatic rings. The van der Waals surface area contributed by atoms with Crippen LogP contribution in [-0.4, -0.2) is 60.0 Å². The van der Waals surface area contributed by atoms with Crippen LogP contribution < -0.4 is 10.1 Å². The van der Waals surface area contributed by atoms with E-state index >= 15 is 0 Å². The van der Waals surface area contributed by atoms with Crippen molar-refractivity contribution in [2.24, 2.45) is 7.05 Å². The highest BCUT2D eigenvalue weighted by molar-refractivity contribution is 5.78. The maximum Gasteiger partial charge on any atom is 0.234 e. The first kappa shape index (κ1) is 17.2. The normalized spacial score (nSPS) is 22.7. The third-order valence-corrected chi connectivity index (χ3v) is 5.04. The summed E-state index contributed by atoms with van der Waals surface area (Å²) in [6.45, 7) is 4.85. The first-order chi connectivity index (χ1) is 11.6. The van der Waals surface area contributed by atoms with Crippen molar-refractivity contribution in [1.29, 1.82) is 0 Å². The number of ether oxygens (including phenoxy) is 2. The van der Waals surface area contributed by atoms with Gasteiger partial charge in [-0.05, 0) is 39.2 Å². The average Bonchev–Trinajstić information content (AvgIpc) is 3.11. The first-order valence-corrected chi connectivity index (χ1v) is 8.78. The van der Waals surface area contributed by atoms with Crippen LogP contribution in [0.1, 0.15) is 43.0 Å². The zero-order valence-electron chi connectivity index (χ0n) is 14.9. The lowest BCUT2D eigenvalue weighted by molar-refractivity contribution is -0.123. The highest BCUT2D eigenvalue weighted by atomic mass is 16.5. The number of aryl methyl sites for hydroxylation is 2. The Balaban J connectivity index is 1.66. The summed E-state index contributed by atoms with van der Waals surface area (Å²) in [6, 6.07) is 0.455. The number of nitrogens with one attached hydrogen (secondary N) is 1. The minimum atomic E-state index is 0.106. The van der Waals surface area contributed by atoms with E-state index in [1.807, 2.05) is 14.0 Å². The van der Waals surface area contributed by atoms with Crippen LogP contribution in [0.3, 0.4) is 0 Å². The standard InChI is InChI=1S/C17H28N4O3/c1-12-16(17(23-3)20(2)19-12)14-5-4-8-21(14)11-15(22)18-13-6-9-24-10-7-13/h13-14H,4-11H2,1-3H3,(H,18,22). The fraction of sp³-hybridized carbons (Fsp3) is 0.765. The molecule has 7 heteroatoms. The number of hydrogen-bond acceptors (Lipinski definition) is 5. The third kappa shape index (κ3) is 3.57. The second-order valence-electron chi connectivity index (χ2n) is 6.71. The predicted molar refractivity (Wildman–Crippen MR) is 90.0 cm³/mol. The summed E-state index contributed by atoms with van der Waals surface area (Å²) in [5, 5.41) is 7.64. The molecular weight excluding hydrogens is 308 g/mol. The summed E-state index contributed by atoms with van der Waals surface area (Å²) in [5.41, 5.74) is 2.10. The minimum Gasteiger partial charge on any atom is -0.481 e. The number of likely N-dealkylation sites (tertiary alicyclic amines) is 1.